The fourth-order valence-corrected chi connectivity index (χ4v) is 7.77. The van der Waals surface area contributed by atoms with Gasteiger partial charge >= 0.3 is 7.82 Å². The molecule has 8 unspecified atom stereocenters. The Morgan fingerprint density at radius 3 is 1.54 bits per heavy atom. The predicted molar refractivity (Wildman–Crippen MR) is 224 cm³/mol. The Morgan fingerprint density at radius 2 is 1.04 bits per heavy atom. The standard InChI is InChI=1S/C43H80NO12P/c1-3-5-7-9-11-12-13-14-15-16-17-18-19-20-21-22-23-25-27-29-31-36(46)35(44-37(47)32-34(45)30-28-26-24-10-8-6-4-2)33-55-57(53,54)56-43-41(51)39(49)38(48)40(50)42(43)52/h18-19,22-23,29,31,34-36,38-43,45-46,48-52H,3-17,20-21,24-28,30,32-33H2,1-2H3,(H,44,47)(H,53,54)/b19-18+,23-22+,31-29+. The summed E-state index contributed by atoms with van der Waals surface area (Å²) in [5.41, 5.74) is 0. The largest absolute Gasteiger partial charge is 0.472 e. The Hall–Kier alpha value is -1.48. The second-order valence-corrected chi connectivity index (χ2v) is 17.1. The second-order valence-electron chi connectivity index (χ2n) is 15.7. The van der Waals surface area contributed by atoms with Gasteiger partial charge in [-0.25, -0.2) is 4.57 Å². The van der Waals surface area contributed by atoms with Crippen LogP contribution in [0.5, 0.6) is 0 Å². The zero-order chi connectivity index (χ0) is 42.3. The molecule has 334 valence electrons. The van der Waals surface area contributed by atoms with Crippen LogP contribution in [0.2, 0.25) is 0 Å². The van der Waals surface area contributed by atoms with Crippen molar-refractivity contribution in [2.45, 2.75) is 223 Å². The van der Waals surface area contributed by atoms with E-state index in [0.717, 1.165) is 51.4 Å². The van der Waals surface area contributed by atoms with Gasteiger partial charge in [0.05, 0.1) is 31.3 Å². The van der Waals surface area contributed by atoms with Crippen molar-refractivity contribution in [3.8, 4) is 0 Å². The van der Waals surface area contributed by atoms with Gasteiger partial charge in [-0.2, -0.15) is 0 Å². The minimum Gasteiger partial charge on any atom is -0.393 e. The molecule has 0 saturated heterocycles. The van der Waals surface area contributed by atoms with E-state index >= 15 is 0 Å². The Morgan fingerprint density at radius 1 is 0.614 bits per heavy atom. The summed E-state index contributed by atoms with van der Waals surface area (Å²) in [6.45, 7) is 3.65. The van der Waals surface area contributed by atoms with Gasteiger partial charge in [0.2, 0.25) is 5.91 Å². The van der Waals surface area contributed by atoms with Crippen LogP contribution in [0.25, 0.3) is 0 Å². The lowest BCUT2D eigenvalue weighted by Gasteiger charge is -2.41. The normalized spacial score (nSPS) is 24.3. The quantitative estimate of drug-likeness (QED) is 0.0187. The highest BCUT2D eigenvalue weighted by Crippen LogP contribution is 2.47. The molecule has 1 amide bonds. The minimum absolute atomic E-state index is 0.256. The molecular weight excluding hydrogens is 753 g/mol. The third-order valence-corrected chi connectivity index (χ3v) is 11.4. The minimum atomic E-state index is -5.14. The van der Waals surface area contributed by atoms with E-state index in [1.807, 2.05) is 0 Å². The molecule has 57 heavy (non-hydrogen) atoms. The highest BCUT2D eigenvalue weighted by molar-refractivity contribution is 7.47. The summed E-state index contributed by atoms with van der Waals surface area (Å²) in [5, 5.41) is 74.1. The number of amides is 1. The maximum atomic E-state index is 12.9. The molecule has 0 heterocycles. The fourth-order valence-electron chi connectivity index (χ4n) is 6.80. The molecule has 0 spiro atoms. The molecule has 1 aliphatic rings. The van der Waals surface area contributed by atoms with Crippen molar-refractivity contribution in [3.05, 3.63) is 36.5 Å². The molecule has 1 fully saturated rings. The topological polar surface area (TPSA) is 226 Å². The van der Waals surface area contributed by atoms with Crippen molar-refractivity contribution in [2.75, 3.05) is 6.61 Å². The summed E-state index contributed by atoms with van der Waals surface area (Å²) in [4.78, 5) is 23.3. The van der Waals surface area contributed by atoms with E-state index in [9.17, 15) is 50.0 Å². The zero-order valence-corrected chi connectivity index (χ0v) is 35.9. The van der Waals surface area contributed by atoms with E-state index in [1.165, 1.54) is 83.1 Å². The third-order valence-electron chi connectivity index (χ3n) is 10.5. The average Bonchev–Trinajstić information content (AvgIpc) is 3.18. The van der Waals surface area contributed by atoms with Crippen molar-refractivity contribution in [2.24, 2.45) is 0 Å². The molecular formula is C43H80NO12P. The maximum absolute atomic E-state index is 12.9. The van der Waals surface area contributed by atoms with E-state index in [2.05, 4.69) is 43.5 Å². The number of aliphatic hydroxyl groups is 7. The number of carbonyl (C=O) groups is 1. The number of nitrogens with one attached hydrogen (secondary N) is 1. The van der Waals surface area contributed by atoms with Crippen LogP contribution in [-0.2, 0) is 18.4 Å². The maximum Gasteiger partial charge on any atom is 0.472 e. The van der Waals surface area contributed by atoms with Crippen LogP contribution in [0.15, 0.2) is 36.5 Å². The smallest absolute Gasteiger partial charge is 0.393 e. The van der Waals surface area contributed by atoms with Gasteiger partial charge in [-0.15, -0.1) is 0 Å². The van der Waals surface area contributed by atoms with E-state index in [-0.39, 0.29) is 6.42 Å². The summed E-state index contributed by atoms with van der Waals surface area (Å²) in [5.74, 6) is -0.612. The second kappa shape index (κ2) is 33.3. The fraction of sp³-hybridized carbons (Fsp3) is 0.837. The monoisotopic (exact) mass is 834 g/mol. The van der Waals surface area contributed by atoms with Crippen LogP contribution < -0.4 is 5.32 Å². The molecule has 0 aromatic rings. The molecule has 13 nitrogen and oxygen atoms in total. The van der Waals surface area contributed by atoms with Gasteiger partial charge in [0.15, 0.2) is 0 Å². The summed E-state index contributed by atoms with van der Waals surface area (Å²) in [6.07, 6.45) is 22.7. The zero-order valence-electron chi connectivity index (χ0n) is 35.0. The Labute approximate surface area is 343 Å². The number of rotatable bonds is 35. The molecule has 0 radical (unpaired) electrons. The molecule has 0 aromatic heterocycles. The van der Waals surface area contributed by atoms with Gasteiger partial charge in [-0.3, -0.25) is 13.8 Å². The van der Waals surface area contributed by atoms with Crippen molar-refractivity contribution >= 4 is 13.7 Å². The lowest BCUT2D eigenvalue weighted by Crippen LogP contribution is -2.64. The van der Waals surface area contributed by atoms with Crippen LogP contribution in [0.3, 0.4) is 0 Å². The number of carbonyl (C=O) groups excluding carboxylic acids is 1. The molecule has 1 aliphatic carbocycles. The molecule has 0 bridgehead atoms. The van der Waals surface area contributed by atoms with Crippen molar-refractivity contribution < 1.29 is 59.0 Å². The van der Waals surface area contributed by atoms with E-state index < -0.39 is 75.2 Å². The van der Waals surface area contributed by atoms with Crippen LogP contribution in [-0.4, -0.2) is 108 Å². The summed E-state index contributed by atoms with van der Waals surface area (Å²) in [6, 6.07) is -1.26. The van der Waals surface area contributed by atoms with Gasteiger partial charge < -0.3 is 46.0 Å². The lowest BCUT2D eigenvalue weighted by atomic mass is 9.85. The number of phosphoric acid groups is 1. The van der Waals surface area contributed by atoms with Gasteiger partial charge in [0, 0.05) is 0 Å². The van der Waals surface area contributed by atoms with Crippen molar-refractivity contribution in [3.63, 3.8) is 0 Å². The number of phosphoric ester groups is 1. The number of hydrogen-bond donors (Lipinski definition) is 9. The summed E-state index contributed by atoms with van der Waals surface area (Å²) >= 11 is 0. The first-order valence-electron chi connectivity index (χ1n) is 22.0. The van der Waals surface area contributed by atoms with Crippen molar-refractivity contribution in [1.29, 1.82) is 0 Å². The van der Waals surface area contributed by atoms with Crippen LogP contribution >= 0.6 is 7.82 Å². The van der Waals surface area contributed by atoms with E-state index in [0.29, 0.717) is 19.3 Å². The van der Waals surface area contributed by atoms with Gasteiger partial charge in [0.25, 0.3) is 0 Å². The van der Waals surface area contributed by atoms with Crippen molar-refractivity contribution in [1.82, 2.24) is 5.32 Å². The number of hydrogen-bond acceptors (Lipinski definition) is 11. The van der Waals surface area contributed by atoms with Crippen LogP contribution in [0.1, 0.15) is 168 Å². The third kappa shape index (κ3) is 25.7. The highest BCUT2D eigenvalue weighted by atomic mass is 31.2. The number of aliphatic hydroxyl groups excluding tert-OH is 7. The molecule has 9 N–H and O–H groups in total. The first kappa shape index (κ1) is 53.5. The van der Waals surface area contributed by atoms with Crippen LogP contribution in [0, 0.1) is 0 Å². The molecule has 0 aromatic carbocycles. The first-order valence-corrected chi connectivity index (χ1v) is 23.5. The Kier molecular flexibility index (Phi) is 31.2. The number of unbranched alkanes of at least 4 members (excludes halogenated alkanes) is 18. The van der Waals surface area contributed by atoms with Crippen LogP contribution in [0.4, 0.5) is 0 Å². The molecule has 1 rings (SSSR count). The van der Waals surface area contributed by atoms with E-state index in [1.54, 1.807) is 6.08 Å². The lowest BCUT2D eigenvalue weighted by molar-refractivity contribution is -0.220. The molecule has 8 atom stereocenters. The van der Waals surface area contributed by atoms with Gasteiger partial charge in [-0.05, 0) is 44.9 Å². The molecule has 1 saturated carbocycles. The van der Waals surface area contributed by atoms with Gasteiger partial charge in [-0.1, -0.05) is 153 Å². The predicted octanol–water partition coefficient (Wildman–Crippen LogP) is 6.58. The number of allylic oxidation sites excluding steroid dienone is 5. The van der Waals surface area contributed by atoms with E-state index in [4.69, 9.17) is 9.05 Å². The Balaban J connectivity index is 2.58. The van der Waals surface area contributed by atoms with Gasteiger partial charge in [0.1, 0.15) is 36.6 Å². The highest BCUT2D eigenvalue weighted by Gasteiger charge is 2.51. The first-order chi connectivity index (χ1) is 27.3. The average molecular weight is 834 g/mol. The Bertz CT molecular complexity index is 1120. The summed E-state index contributed by atoms with van der Waals surface area (Å²) in [7, 11) is -5.14. The SMILES string of the molecule is CCCCCCCCCCCC/C=C/CC/C=C/CC/C=C/C(O)C(COP(=O)(O)OC1C(O)C(O)C(O)C(O)C1O)NC(=O)CC(O)CCCCCCCCC. The summed E-state index contributed by atoms with van der Waals surface area (Å²) < 4.78 is 22.7. The molecule has 0 aliphatic heterocycles. The molecule has 14 heteroatoms.